The van der Waals surface area contributed by atoms with Crippen LogP contribution < -0.4 is 15.4 Å². The fraction of sp³-hybridized carbons (Fsp3) is 0.269. The van der Waals surface area contributed by atoms with Crippen molar-refractivity contribution in [2.75, 3.05) is 18.0 Å². The van der Waals surface area contributed by atoms with E-state index >= 15 is 0 Å². The number of aliphatic hydroxyl groups is 1. The van der Waals surface area contributed by atoms with Crippen LogP contribution in [0, 0.1) is 0 Å². The van der Waals surface area contributed by atoms with E-state index in [0.717, 1.165) is 54.0 Å². The molecule has 5 nitrogen and oxygen atoms in total. The average Bonchev–Trinajstić information content (AvgIpc) is 3.08. The third-order valence-electron chi connectivity index (χ3n) is 6.68. The van der Waals surface area contributed by atoms with E-state index < -0.39 is 5.60 Å². The Morgan fingerprint density at radius 2 is 1.69 bits per heavy atom. The summed E-state index contributed by atoms with van der Waals surface area (Å²) in [5, 5.41) is 20.7. The van der Waals surface area contributed by atoms with Crippen LogP contribution in [0.4, 0.5) is 5.69 Å². The van der Waals surface area contributed by atoms with Crippen molar-refractivity contribution in [1.82, 2.24) is 5.32 Å². The van der Waals surface area contributed by atoms with Crippen molar-refractivity contribution in [2.45, 2.75) is 35.8 Å². The Morgan fingerprint density at radius 1 is 1.00 bits per heavy atom. The van der Waals surface area contributed by atoms with Gasteiger partial charge in [0.25, 0.3) is 5.91 Å². The minimum absolute atomic E-state index is 0.325. The SMILES string of the molecule is NSc1ccc(C2(O)C(=O)N(Cc3ccc(C4CCNCC4)cc3)c3ccccc32)cc1. The maximum absolute atomic E-state index is 13.6. The van der Waals surface area contributed by atoms with E-state index in [1.807, 2.05) is 36.4 Å². The van der Waals surface area contributed by atoms with Gasteiger partial charge in [-0.25, -0.2) is 0 Å². The number of carbonyl (C=O) groups is 1. The van der Waals surface area contributed by atoms with Gasteiger partial charge in [0.15, 0.2) is 5.60 Å². The molecule has 0 aliphatic carbocycles. The van der Waals surface area contributed by atoms with Crippen LogP contribution in [0.25, 0.3) is 0 Å². The Kier molecular flexibility index (Phi) is 5.78. The van der Waals surface area contributed by atoms with E-state index in [2.05, 4.69) is 29.6 Å². The smallest absolute Gasteiger partial charge is 0.268 e. The molecule has 1 atom stereocenters. The largest absolute Gasteiger partial charge is 0.372 e. The molecule has 3 aromatic carbocycles. The second-order valence-corrected chi connectivity index (χ2v) is 9.23. The molecular weight excluding hydrogens is 418 g/mol. The minimum Gasteiger partial charge on any atom is -0.372 e. The molecule has 3 aromatic rings. The fourth-order valence-corrected chi connectivity index (χ4v) is 5.17. The van der Waals surface area contributed by atoms with Crippen LogP contribution in [-0.2, 0) is 16.9 Å². The van der Waals surface area contributed by atoms with Crippen molar-refractivity contribution < 1.29 is 9.90 Å². The molecule has 0 aromatic heterocycles. The molecule has 1 amide bonds. The quantitative estimate of drug-likeness (QED) is 0.519. The third-order valence-corrected chi connectivity index (χ3v) is 7.22. The van der Waals surface area contributed by atoms with Gasteiger partial charge in [-0.1, -0.05) is 54.6 Å². The highest BCUT2D eigenvalue weighted by Crippen LogP contribution is 2.45. The summed E-state index contributed by atoms with van der Waals surface area (Å²) < 4.78 is 0. The van der Waals surface area contributed by atoms with Crippen LogP contribution in [0.1, 0.15) is 41.0 Å². The topological polar surface area (TPSA) is 78.6 Å². The number of nitrogens with zero attached hydrogens (tertiary/aromatic N) is 1. The zero-order valence-electron chi connectivity index (χ0n) is 17.8. The lowest BCUT2D eigenvalue weighted by atomic mass is 9.87. The standard InChI is InChI=1S/C26H27N3O2S/c27-32-22-11-9-21(10-12-22)26(31)23-3-1-2-4-24(23)29(25(26)30)17-18-5-7-19(8-6-18)20-13-15-28-16-14-20/h1-12,20,28,31H,13-17,27H2. The van der Waals surface area contributed by atoms with Gasteiger partial charge in [0, 0.05) is 10.5 Å². The van der Waals surface area contributed by atoms with Crippen LogP contribution in [0.5, 0.6) is 0 Å². The lowest BCUT2D eigenvalue weighted by molar-refractivity contribution is -0.132. The van der Waals surface area contributed by atoms with Gasteiger partial charge in [0.1, 0.15) is 0 Å². The number of fused-ring (bicyclic) bond motifs is 1. The maximum atomic E-state index is 13.6. The number of nitrogens with two attached hydrogens (primary N) is 1. The number of hydrogen-bond donors (Lipinski definition) is 3. The predicted molar refractivity (Wildman–Crippen MR) is 128 cm³/mol. The molecule has 1 unspecified atom stereocenters. The summed E-state index contributed by atoms with van der Waals surface area (Å²) in [5.74, 6) is 0.272. The molecule has 0 bridgehead atoms. The maximum Gasteiger partial charge on any atom is 0.268 e. The van der Waals surface area contributed by atoms with E-state index in [1.54, 1.807) is 17.0 Å². The summed E-state index contributed by atoms with van der Waals surface area (Å²) in [6.45, 7) is 2.55. The minimum atomic E-state index is -1.70. The molecule has 6 heteroatoms. The zero-order valence-corrected chi connectivity index (χ0v) is 18.6. The summed E-state index contributed by atoms with van der Waals surface area (Å²) >= 11 is 1.14. The average molecular weight is 446 g/mol. The second kappa shape index (κ2) is 8.71. The first-order valence-electron chi connectivity index (χ1n) is 11.0. The summed E-state index contributed by atoms with van der Waals surface area (Å²) in [6.07, 6.45) is 2.32. The highest BCUT2D eigenvalue weighted by molar-refractivity contribution is 7.97. The molecule has 32 heavy (non-hydrogen) atoms. The first-order valence-corrected chi connectivity index (χ1v) is 11.9. The van der Waals surface area contributed by atoms with E-state index in [4.69, 9.17) is 5.14 Å². The molecule has 2 aliphatic rings. The van der Waals surface area contributed by atoms with Gasteiger partial charge in [-0.15, -0.1) is 0 Å². The zero-order chi connectivity index (χ0) is 22.1. The fourth-order valence-electron chi connectivity index (χ4n) is 4.88. The van der Waals surface area contributed by atoms with E-state index in [-0.39, 0.29) is 5.91 Å². The first-order chi connectivity index (χ1) is 15.6. The highest BCUT2D eigenvalue weighted by Gasteiger charge is 2.50. The molecule has 2 heterocycles. The van der Waals surface area contributed by atoms with Crippen molar-refractivity contribution in [3.63, 3.8) is 0 Å². The second-order valence-electron chi connectivity index (χ2n) is 8.53. The number of para-hydroxylation sites is 1. The van der Waals surface area contributed by atoms with Crippen LogP contribution in [0.15, 0.2) is 77.7 Å². The van der Waals surface area contributed by atoms with Crippen LogP contribution in [0.3, 0.4) is 0 Å². The van der Waals surface area contributed by atoms with Crippen LogP contribution >= 0.6 is 11.9 Å². The summed E-state index contributed by atoms with van der Waals surface area (Å²) in [5.41, 5.74) is 2.62. The number of nitrogens with one attached hydrogen (secondary N) is 1. The Balaban J connectivity index is 1.44. The monoisotopic (exact) mass is 445 g/mol. The predicted octanol–water partition coefficient (Wildman–Crippen LogP) is 3.90. The molecule has 1 fully saturated rings. The van der Waals surface area contributed by atoms with Crippen LogP contribution in [-0.4, -0.2) is 24.1 Å². The Bertz CT molecular complexity index is 1110. The van der Waals surface area contributed by atoms with Gasteiger partial charge >= 0.3 is 0 Å². The van der Waals surface area contributed by atoms with Gasteiger partial charge in [0.2, 0.25) is 0 Å². The number of rotatable bonds is 5. The van der Waals surface area contributed by atoms with Crippen molar-refractivity contribution in [1.29, 1.82) is 0 Å². The summed E-state index contributed by atoms with van der Waals surface area (Å²) in [4.78, 5) is 16.2. The lowest BCUT2D eigenvalue weighted by Gasteiger charge is -2.25. The van der Waals surface area contributed by atoms with Gasteiger partial charge < -0.3 is 15.3 Å². The van der Waals surface area contributed by atoms with Gasteiger partial charge in [-0.3, -0.25) is 9.93 Å². The Hall–Kier alpha value is -2.64. The van der Waals surface area contributed by atoms with Crippen molar-refractivity contribution >= 4 is 23.5 Å². The molecule has 1 saturated heterocycles. The van der Waals surface area contributed by atoms with Crippen LogP contribution in [0.2, 0.25) is 0 Å². The molecule has 5 rings (SSSR count). The van der Waals surface area contributed by atoms with Crippen molar-refractivity contribution in [2.24, 2.45) is 5.14 Å². The van der Waals surface area contributed by atoms with E-state index in [1.165, 1.54) is 5.56 Å². The molecule has 4 N–H and O–H groups in total. The number of piperidine rings is 1. The molecule has 0 radical (unpaired) electrons. The molecule has 164 valence electrons. The van der Waals surface area contributed by atoms with Gasteiger partial charge in [0.05, 0.1) is 12.2 Å². The van der Waals surface area contributed by atoms with Gasteiger partial charge in [-0.05, 0) is 78.7 Å². The highest BCUT2D eigenvalue weighted by atomic mass is 32.2. The lowest BCUT2D eigenvalue weighted by Crippen LogP contribution is -2.40. The van der Waals surface area contributed by atoms with E-state index in [9.17, 15) is 9.90 Å². The molecule has 0 spiro atoms. The number of carbonyl (C=O) groups excluding carboxylic acids is 1. The normalized spacial score (nSPS) is 21.1. The molecule has 2 aliphatic heterocycles. The number of amides is 1. The van der Waals surface area contributed by atoms with Crippen molar-refractivity contribution in [3.05, 3.63) is 95.1 Å². The van der Waals surface area contributed by atoms with E-state index in [0.29, 0.717) is 23.6 Å². The number of anilines is 1. The third kappa shape index (κ3) is 3.63. The van der Waals surface area contributed by atoms with Crippen molar-refractivity contribution in [3.8, 4) is 0 Å². The van der Waals surface area contributed by atoms with Gasteiger partial charge in [-0.2, -0.15) is 0 Å². The first kappa shape index (κ1) is 21.2. The summed E-state index contributed by atoms with van der Waals surface area (Å²) in [7, 11) is 0. The Morgan fingerprint density at radius 3 is 2.38 bits per heavy atom. The Labute approximate surface area is 192 Å². The number of benzene rings is 3. The summed E-state index contributed by atoms with van der Waals surface area (Å²) in [6, 6.07) is 23.3. The molecule has 0 saturated carbocycles. The molecular formula is C26H27N3O2S. The number of hydrogen-bond acceptors (Lipinski definition) is 5.